The third kappa shape index (κ3) is 2.45. The fourth-order valence-corrected chi connectivity index (χ4v) is 1.84. The predicted octanol–water partition coefficient (Wildman–Crippen LogP) is 1.78. The molecule has 1 aliphatic heterocycles. The maximum Gasteiger partial charge on any atom is 0.331 e. The van der Waals surface area contributed by atoms with Gasteiger partial charge in [0.05, 0.1) is 11.6 Å². The molecule has 4 nitrogen and oxygen atoms in total. The zero-order chi connectivity index (χ0) is 12.3. The summed E-state index contributed by atoms with van der Waals surface area (Å²) in [6.07, 6.45) is 2.29. The van der Waals surface area contributed by atoms with Crippen LogP contribution in [0.3, 0.4) is 0 Å². The van der Waals surface area contributed by atoms with Gasteiger partial charge in [-0.2, -0.15) is 5.26 Å². The average molecular weight is 228 g/mol. The lowest BCUT2D eigenvalue weighted by Crippen LogP contribution is -2.29. The Morgan fingerprint density at radius 1 is 1.35 bits per heavy atom. The molecule has 0 saturated carbocycles. The van der Waals surface area contributed by atoms with E-state index in [4.69, 9.17) is 10.4 Å². The quantitative estimate of drug-likeness (QED) is 0.838. The van der Waals surface area contributed by atoms with Crippen molar-refractivity contribution in [2.45, 2.75) is 6.42 Å². The van der Waals surface area contributed by atoms with Crippen LogP contribution in [0.1, 0.15) is 12.0 Å². The lowest BCUT2D eigenvalue weighted by atomic mass is 10.1. The SMILES string of the molecule is N#Cc1ccc(N2CC=C(C(=O)O)CC2)cc1. The van der Waals surface area contributed by atoms with Crippen molar-refractivity contribution in [2.75, 3.05) is 18.0 Å². The Hall–Kier alpha value is -2.28. The number of nitrogens with zero attached hydrogens (tertiary/aromatic N) is 2. The summed E-state index contributed by atoms with van der Waals surface area (Å²) in [6, 6.07) is 9.38. The lowest BCUT2D eigenvalue weighted by Gasteiger charge is -2.27. The van der Waals surface area contributed by atoms with Crippen molar-refractivity contribution in [2.24, 2.45) is 0 Å². The van der Waals surface area contributed by atoms with Crippen molar-refractivity contribution in [3.8, 4) is 6.07 Å². The standard InChI is InChI=1S/C13H12N2O2/c14-9-10-1-3-12(4-2-10)15-7-5-11(6-8-15)13(16)17/h1-5H,6-8H2,(H,16,17). The van der Waals surface area contributed by atoms with Crippen molar-refractivity contribution >= 4 is 11.7 Å². The number of aliphatic carboxylic acids is 1. The van der Waals surface area contributed by atoms with Crippen LogP contribution < -0.4 is 4.90 Å². The highest BCUT2D eigenvalue weighted by Crippen LogP contribution is 2.20. The first-order valence-corrected chi connectivity index (χ1v) is 5.38. The second-order valence-corrected chi connectivity index (χ2v) is 3.89. The van der Waals surface area contributed by atoms with E-state index < -0.39 is 5.97 Å². The van der Waals surface area contributed by atoms with E-state index in [2.05, 4.69) is 11.0 Å². The van der Waals surface area contributed by atoms with Gasteiger partial charge in [-0.1, -0.05) is 6.08 Å². The third-order valence-electron chi connectivity index (χ3n) is 2.85. The number of hydrogen-bond donors (Lipinski definition) is 1. The van der Waals surface area contributed by atoms with Crippen LogP contribution in [0.15, 0.2) is 35.9 Å². The van der Waals surface area contributed by atoms with Crippen LogP contribution in [0.5, 0.6) is 0 Å². The Morgan fingerprint density at radius 2 is 2.06 bits per heavy atom. The number of carboxylic acids is 1. The van der Waals surface area contributed by atoms with Crippen LogP contribution in [-0.2, 0) is 4.79 Å². The van der Waals surface area contributed by atoms with E-state index in [1.807, 2.05) is 12.1 Å². The first kappa shape index (κ1) is 11.2. The molecule has 1 aliphatic rings. The summed E-state index contributed by atoms with van der Waals surface area (Å²) in [5.74, 6) is -0.829. The van der Waals surface area contributed by atoms with Gasteiger partial charge in [-0.3, -0.25) is 0 Å². The van der Waals surface area contributed by atoms with Crippen molar-refractivity contribution in [3.63, 3.8) is 0 Å². The van der Waals surface area contributed by atoms with Crippen molar-refractivity contribution in [1.82, 2.24) is 0 Å². The van der Waals surface area contributed by atoms with Gasteiger partial charge in [0, 0.05) is 24.4 Å². The molecule has 2 rings (SSSR count). The number of nitriles is 1. The van der Waals surface area contributed by atoms with Crippen LogP contribution in [0.25, 0.3) is 0 Å². The third-order valence-corrected chi connectivity index (χ3v) is 2.85. The smallest absolute Gasteiger partial charge is 0.331 e. The van der Waals surface area contributed by atoms with Gasteiger partial charge in [0.2, 0.25) is 0 Å². The van der Waals surface area contributed by atoms with E-state index in [0.717, 1.165) is 5.69 Å². The topological polar surface area (TPSA) is 64.3 Å². The summed E-state index contributed by atoms with van der Waals surface area (Å²) < 4.78 is 0. The molecular formula is C13H12N2O2. The van der Waals surface area contributed by atoms with E-state index in [0.29, 0.717) is 30.6 Å². The van der Waals surface area contributed by atoms with Crippen molar-refractivity contribution < 1.29 is 9.90 Å². The first-order valence-electron chi connectivity index (χ1n) is 5.38. The first-order chi connectivity index (χ1) is 8.20. The molecule has 0 bridgehead atoms. The summed E-state index contributed by atoms with van der Waals surface area (Å²) in [7, 11) is 0. The molecule has 0 spiro atoms. The molecule has 0 fully saturated rings. The maximum atomic E-state index is 10.8. The highest BCUT2D eigenvalue weighted by molar-refractivity contribution is 5.87. The maximum absolute atomic E-state index is 10.8. The monoisotopic (exact) mass is 228 g/mol. The second-order valence-electron chi connectivity index (χ2n) is 3.89. The van der Waals surface area contributed by atoms with Gasteiger partial charge >= 0.3 is 5.97 Å². The number of anilines is 1. The molecule has 1 heterocycles. The van der Waals surface area contributed by atoms with Crippen LogP contribution in [0.4, 0.5) is 5.69 Å². The minimum Gasteiger partial charge on any atom is -0.478 e. The van der Waals surface area contributed by atoms with E-state index in [1.54, 1.807) is 18.2 Å². The number of carboxylic acid groups (broad SMARTS) is 1. The van der Waals surface area contributed by atoms with Gasteiger partial charge in [-0.25, -0.2) is 4.79 Å². The number of hydrogen-bond acceptors (Lipinski definition) is 3. The molecule has 86 valence electrons. The Labute approximate surface area is 99.4 Å². The number of benzene rings is 1. The number of carbonyl (C=O) groups is 1. The summed E-state index contributed by atoms with van der Waals surface area (Å²) in [5.41, 5.74) is 2.13. The summed E-state index contributed by atoms with van der Waals surface area (Å²) >= 11 is 0. The second kappa shape index (κ2) is 4.71. The van der Waals surface area contributed by atoms with E-state index in [1.165, 1.54) is 0 Å². The molecule has 17 heavy (non-hydrogen) atoms. The Morgan fingerprint density at radius 3 is 2.53 bits per heavy atom. The molecule has 1 aromatic carbocycles. The zero-order valence-electron chi connectivity index (χ0n) is 9.26. The van der Waals surface area contributed by atoms with Gasteiger partial charge in [0.25, 0.3) is 0 Å². The average Bonchev–Trinajstić information content (AvgIpc) is 2.39. The highest BCUT2D eigenvalue weighted by Gasteiger charge is 2.16. The molecule has 1 N–H and O–H groups in total. The van der Waals surface area contributed by atoms with Crippen LogP contribution in [0, 0.1) is 11.3 Å². The Kier molecular flexibility index (Phi) is 3.10. The molecule has 4 heteroatoms. The molecule has 1 aromatic rings. The lowest BCUT2D eigenvalue weighted by molar-refractivity contribution is -0.132. The summed E-state index contributed by atoms with van der Waals surface area (Å²) in [4.78, 5) is 12.8. The molecular weight excluding hydrogens is 216 g/mol. The van der Waals surface area contributed by atoms with Crippen molar-refractivity contribution in [3.05, 3.63) is 41.5 Å². The Balaban J connectivity index is 2.10. The highest BCUT2D eigenvalue weighted by atomic mass is 16.4. The Bertz CT molecular complexity index is 497. The molecule has 0 unspecified atom stereocenters. The van der Waals surface area contributed by atoms with Gasteiger partial charge in [-0.05, 0) is 30.7 Å². The van der Waals surface area contributed by atoms with Crippen LogP contribution in [-0.4, -0.2) is 24.2 Å². The fourth-order valence-electron chi connectivity index (χ4n) is 1.84. The molecule has 0 radical (unpaired) electrons. The normalized spacial score (nSPS) is 15.0. The zero-order valence-corrected chi connectivity index (χ0v) is 9.26. The summed E-state index contributed by atoms with van der Waals surface area (Å²) in [6.45, 7) is 1.30. The van der Waals surface area contributed by atoms with Crippen LogP contribution in [0.2, 0.25) is 0 Å². The molecule has 0 aromatic heterocycles. The molecule has 0 amide bonds. The molecule has 0 aliphatic carbocycles. The van der Waals surface area contributed by atoms with Gasteiger partial charge in [-0.15, -0.1) is 0 Å². The van der Waals surface area contributed by atoms with Gasteiger partial charge in [0.1, 0.15) is 0 Å². The van der Waals surface area contributed by atoms with E-state index in [-0.39, 0.29) is 0 Å². The van der Waals surface area contributed by atoms with Crippen molar-refractivity contribution in [1.29, 1.82) is 5.26 Å². The minimum absolute atomic E-state index is 0.481. The molecule has 0 saturated heterocycles. The van der Waals surface area contributed by atoms with E-state index in [9.17, 15) is 4.79 Å². The number of rotatable bonds is 2. The molecule has 0 atom stereocenters. The van der Waals surface area contributed by atoms with E-state index >= 15 is 0 Å². The van der Waals surface area contributed by atoms with Gasteiger partial charge < -0.3 is 10.0 Å². The predicted molar refractivity (Wildman–Crippen MR) is 63.7 cm³/mol. The van der Waals surface area contributed by atoms with Crippen LogP contribution >= 0.6 is 0 Å². The largest absolute Gasteiger partial charge is 0.478 e. The van der Waals surface area contributed by atoms with Gasteiger partial charge in [0.15, 0.2) is 0 Å². The minimum atomic E-state index is -0.829. The summed E-state index contributed by atoms with van der Waals surface area (Å²) in [5, 5.41) is 17.5. The fraction of sp³-hybridized carbons (Fsp3) is 0.231.